The van der Waals surface area contributed by atoms with Crippen molar-refractivity contribution in [2.24, 2.45) is 0 Å². The summed E-state index contributed by atoms with van der Waals surface area (Å²) in [6.07, 6.45) is 2.55. The Morgan fingerprint density at radius 3 is 2.59 bits per heavy atom. The molecule has 3 heterocycles. The maximum atomic E-state index is 13.1. The van der Waals surface area contributed by atoms with E-state index in [0.29, 0.717) is 17.2 Å². The first kappa shape index (κ1) is 19.1. The van der Waals surface area contributed by atoms with E-state index in [0.717, 1.165) is 23.8 Å². The van der Waals surface area contributed by atoms with Gasteiger partial charge in [-0.3, -0.25) is 14.4 Å². The van der Waals surface area contributed by atoms with E-state index in [9.17, 15) is 9.18 Å². The van der Waals surface area contributed by atoms with Gasteiger partial charge in [-0.25, -0.2) is 19.4 Å². The average molecular weight is 395 g/mol. The van der Waals surface area contributed by atoms with Crippen LogP contribution < -0.4 is 5.01 Å². The van der Waals surface area contributed by atoms with Crippen LogP contribution in [0.4, 0.5) is 10.2 Å². The van der Waals surface area contributed by atoms with Gasteiger partial charge in [-0.15, -0.1) is 10.2 Å². The first-order chi connectivity index (χ1) is 13.9. The van der Waals surface area contributed by atoms with Crippen molar-refractivity contribution in [2.45, 2.75) is 32.7 Å². The number of halogens is 1. The summed E-state index contributed by atoms with van der Waals surface area (Å²) >= 11 is 0. The SMILES string of the molecule is CC[C@@H]1c2nnc(C)n2-c2cnc(CC(=O)c3ccc(F)cc3)nc2N1N(C)C. The molecule has 1 aromatic carbocycles. The predicted molar refractivity (Wildman–Crippen MR) is 105 cm³/mol. The maximum absolute atomic E-state index is 13.1. The Balaban J connectivity index is 1.75. The molecule has 0 radical (unpaired) electrons. The van der Waals surface area contributed by atoms with Crippen molar-refractivity contribution in [3.05, 3.63) is 59.3 Å². The minimum absolute atomic E-state index is 0.0327. The Hall–Kier alpha value is -3.20. The Labute approximate surface area is 168 Å². The fraction of sp³-hybridized carbons (Fsp3) is 0.350. The highest BCUT2D eigenvalue weighted by Crippen LogP contribution is 2.38. The van der Waals surface area contributed by atoms with Crippen LogP contribution in [0, 0.1) is 12.7 Å². The standard InChI is InChI=1S/C20H22FN7O/c1-5-15-20-25-24-12(2)27(20)16-11-22-18(23-19(16)28(15)26(3)4)10-17(29)13-6-8-14(21)9-7-13/h6-9,11,15H,5,10H2,1-4H3/t15-/m1/s1. The van der Waals surface area contributed by atoms with Gasteiger partial charge in [-0.1, -0.05) is 6.92 Å². The number of carbonyl (C=O) groups excluding carboxylic acids is 1. The highest BCUT2D eigenvalue weighted by atomic mass is 19.1. The lowest BCUT2D eigenvalue weighted by molar-refractivity contribution is 0.0990. The number of rotatable bonds is 5. The van der Waals surface area contributed by atoms with Crippen LogP contribution in [0.25, 0.3) is 5.69 Å². The zero-order valence-corrected chi connectivity index (χ0v) is 16.8. The molecule has 1 aliphatic rings. The molecule has 9 heteroatoms. The maximum Gasteiger partial charge on any atom is 0.171 e. The molecule has 29 heavy (non-hydrogen) atoms. The lowest BCUT2D eigenvalue weighted by Gasteiger charge is -2.40. The van der Waals surface area contributed by atoms with Gasteiger partial charge in [0.05, 0.1) is 12.6 Å². The molecule has 0 N–H and O–H groups in total. The van der Waals surface area contributed by atoms with Crippen LogP contribution in [0.3, 0.4) is 0 Å². The van der Waals surface area contributed by atoms with Crippen molar-refractivity contribution in [3.63, 3.8) is 0 Å². The molecule has 0 amide bonds. The van der Waals surface area contributed by atoms with E-state index in [1.807, 2.05) is 35.6 Å². The molecule has 0 unspecified atom stereocenters. The van der Waals surface area contributed by atoms with Gasteiger partial charge in [0.15, 0.2) is 17.4 Å². The van der Waals surface area contributed by atoms with Gasteiger partial charge in [0.25, 0.3) is 0 Å². The largest absolute Gasteiger partial charge is 0.294 e. The van der Waals surface area contributed by atoms with E-state index in [-0.39, 0.29) is 24.1 Å². The first-order valence-electron chi connectivity index (χ1n) is 9.44. The van der Waals surface area contributed by atoms with Gasteiger partial charge in [0, 0.05) is 19.7 Å². The van der Waals surface area contributed by atoms with E-state index in [1.165, 1.54) is 24.3 Å². The topological polar surface area (TPSA) is 80.0 Å². The van der Waals surface area contributed by atoms with Crippen molar-refractivity contribution >= 4 is 11.6 Å². The number of Topliss-reactive ketones (excluding diaryl/α,β-unsaturated/α-hetero) is 1. The normalized spacial score (nSPS) is 15.4. The Morgan fingerprint density at radius 1 is 1.21 bits per heavy atom. The molecule has 1 aliphatic heterocycles. The average Bonchev–Trinajstić information content (AvgIpc) is 3.08. The minimum Gasteiger partial charge on any atom is -0.294 e. The second-order valence-electron chi connectivity index (χ2n) is 7.16. The number of aromatic nitrogens is 5. The quantitative estimate of drug-likeness (QED) is 0.615. The van der Waals surface area contributed by atoms with Crippen LogP contribution in [-0.2, 0) is 6.42 Å². The predicted octanol–water partition coefficient (Wildman–Crippen LogP) is 2.68. The molecule has 4 rings (SSSR count). The summed E-state index contributed by atoms with van der Waals surface area (Å²) in [6, 6.07) is 5.46. The summed E-state index contributed by atoms with van der Waals surface area (Å²) in [4.78, 5) is 21.7. The van der Waals surface area contributed by atoms with Crippen LogP contribution in [0.15, 0.2) is 30.5 Å². The molecule has 0 fully saturated rings. The van der Waals surface area contributed by atoms with E-state index in [2.05, 4.69) is 22.1 Å². The summed E-state index contributed by atoms with van der Waals surface area (Å²) in [5.74, 6) is 2.18. The van der Waals surface area contributed by atoms with Crippen LogP contribution in [0.2, 0.25) is 0 Å². The van der Waals surface area contributed by atoms with Crippen LogP contribution in [0.5, 0.6) is 0 Å². The van der Waals surface area contributed by atoms with Gasteiger partial charge < -0.3 is 0 Å². The molecular weight excluding hydrogens is 373 g/mol. The van der Waals surface area contributed by atoms with Crippen molar-refractivity contribution < 1.29 is 9.18 Å². The Kier molecular flexibility index (Phi) is 4.83. The fourth-order valence-electron chi connectivity index (χ4n) is 3.67. The van der Waals surface area contributed by atoms with Gasteiger partial charge in [-0.2, -0.15) is 0 Å². The number of hydrazine groups is 1. The summed E-state index contributed by atoms with van der Waals surface area (Å²) in [6.45, 7) is 3.98. The molecule has 8 nitrogen and oxygen atoms in total. The number of hydrogen-bond donors (Lipinski definition) is 0. The first-order valence-corrected chi connectivity index (χ1v) is 9.44. The third-order valence-corrected chi connectivity index (χ3v) is 5.00. The number of nitrogens with zero attached hydrogens (tertiary/aromatic N) is 7. The van der Waals surface area contributed by atoms with E-state index >= 15 is 0 Å². The molecule has 1 atom stereocenters. The fourth-order valence-corrected chi connectivity index (χ4v) is 3.67. The third kappa shape index (κ3) is 3.27. The molecule has 0 aliphatic carbocycles. The highest BCUT2D eigenvalue weighted by Gasteiger charge is 2.36. The van der Waals surface area contributed by atoms with Crippen molar-refractivity contribution in [1.82, 2.24) is 29.7 Å². The van der Waals surface area contributed by atoms with Gasteiger partial charge in [0.2, 0.25) is 0 Å². The molecule has 0 saturated carbocycles. The van der Waals surface area contributed by atoms with E-state index in [4.69, 9.17) is 4.98 Å². The number of benzene rings is 1. The van der Waals surface area contributed by atoms with E-state index in [1.54, 1.807) is 6.20 Å². The molecule has 0 bridgehead atoms. The summed E-state index contributed by atoms with van der Waals surface area (Å²) < 4.78 is 15.1. The number of ketones is 1. The zero-order valence-electron chi connectivity index (χ0n) is 16.8. The monoisotopic (exact) mass is 395 g/mol. The number of fused-ring (bicyclic) bond motifs is 3. The molecule has 150 valence electrons. The summed E-state index contributed by atoms with van der Waals surface area (Å²) in [5, 5.41) is 12.6. The number of anilines is 1. The second kappa shape index (κ2) is 7.32. The molecular formula is C20H22FN7O. The highest BCUT2D eigenvalue weighted by molar-refractivity contribution is 5.97. The van der Waals surface area contributed by atoms with Gasteiger partial charge in [-0.05, 0) is 37.6 Å². The third-order valence-electron chi connectivity index (χ3n) is 5.00. The van der Waals surface area contributed by atoms with E-state index < -0.39 is 0 Å². The molecule has 3 aromatic rings. The van der Waals surface area contributed by atoms with Gasteiger partial charge in [0.1, 0.15) is 29.2 Å². The Morgan fingerprint density at radius 2 is 1.93 bits per heavy atom. The van der Waals surface area contributed by atoms with Gasteiger partial charge >= 0.3 is 0 Å². The van der Waals surface area contributed by atoms with Crippen molar-refractivity contribution in [3.8, 4) is 5.69 Å². The van der Waals surface area contributed by atoms with Crippen LogP contribution in [-0.4, -0.2) is 49.6 Å². The van der Waals surface area contributed by atoms with Crippen molar-refractivity contribution in [1.29, 1.82) is 0 Å². The molecule has 2 aromatic heterocycles. The number of aryl methyl sites for hydroxylation is 1. The van der Waals surface area contributed by atoms with Crippen LogP contribution in [0.1, 0.15) is 47.2 Å². The molecule has 0 spiro atoms. The summed E-state index contributed by atoms with van der Waals surface area (Å²) in [7, 11) is 3.88. The lowest BCUT2D eigenvalue weighted by atomic mass is 10.1. The molecule has 0 saturated heterocycles. The smallest absolute Gasteiger partial charge is 0.171 e. The second-order valence-corrected chi connectivity index (χ2v) is 7.16. The number of hydrogen-bond acceptors (Lipinski definition) is 7. The van der Waals surface area contributed by atoms with Crippen molar-refractivity contribution in [2.75, 3.05) is 19.1 Å². The minimum atomic E-state index is -0.376. The number of carbonyl (C=O) groups is 1. The van der Waals surface area contributed by atoms with Crippen LogP contribution >= 0.6 is 0 Å². The Bertz CT molecular complexity index is 1060. The lowest BCUT2D eigenvalue weighted by Crippen LogP contribution is -2.44. The zero-order chi connectivity index (χ0) is 20.7. The summed E-state index contributed by atoms with van der Waals surface area (Å²) in [5.41, 5.74) is 1.21.